The molecule has 1 spiro atoms. The molecule has 0 radical (unpaired) electrons. The van der Waals surface area contributed by atoms with Crippen molar-refractivity contribution in [1.29, 1.82) is 5.26 Å². The monoisotopic (exact) mass is 351 g/mol. The molecule has 1 fully saturated rings. The Balaban J connectivity index is 1.80. The molecule has 0 atom stereocenters. The third kappa shape index (κ3) is 2.74. The van der Waals surface area contributed by atoms with Crippen LogP contribution in [0.3, 0.4) is 0 Å². The third-order valence-corrected chi connectivity index (χ3v) is 5.31. The molecule has 26 heavy (non-hydrogen) atoms. The van der Waals surface area contributed by atoms with Crippen LogP contribution in [0, 0.1) is 11.3 Å². The summed E-state index contributed by atoms with van der Waals surface area (Å²) in [6.07, 6.45) is 1.94. The number of esters is 1. The molecule has 1 saturated heterocycles. The highest BCUT2D eigenvalue weighted by atomic mass is 16.5. The number of piperidine rings is 1. The topological polar surface area (TPSA) is 76.3 Å². The van der Waals surface area contributed by atoms with E-state index in [9.17, 15) is 10.1 Å². The molecule has 2 aliphatic heterocycles. The minimum Gasteiger partial charge on any atom is -0.490 e. The SMILES string of the molecule is CC(=O)OCc1ccc2c(c1)OCC1(CCNCC1)c1ccc(C#N)n1-2. The van der Waals surface area contributed by atoms with Gasteiger partial charge in [-0.05, 0) is 55.8 Å². The molecule has 134 valence electrons. The second-order valence-electron chi connectivity index (χ2n) is 6.95. The summed E-state index contributed by atoms with van der Waals surface area (Å²) in [5, 5.41) is 13.0. The molecule has 2 aliphatic rings. The van der Waals surface area contributed by atoms with Crippen LogP contribution in [0.15, 0.2) is 30.3 Å². The summed E-state index contributed by atoms with van der Waals surface area (Å²) in [6, 6.07) is 12.0. The molecule has 0 aliphatic carbocycles. The van der Waals surface area contributed by atoms with Crippen LogP contribution in [0.4, 0.5) is 0 Å². The number of benzene rings is 1. The Bertz CT molecular complexity index is 888. The lowest BCUT2D eigenvalue weighted by molar-refractivity contribution is -0.142. The van der Waals surface area contributed by atoms with E-state index in [0.717, 1.165) is 48.6 Å². The molecule has 0 amide bonds. The number of hydrogen-bond donors (Lipinski definition) is 1. The first-order chi connectivity index (χ1) is 12.6. The lowest BCUT2D eigenvalue weighted by Crippen LogP contribution is -2.44. The molecule has 3 heterocycles. The summed E-state index contributed by atoms with van der Waals surface area (Å²) in [5.74, 6) is 0.410. The molecule has 0 bridgehead atoms. The molecule has 0 unspecified atom stereocenters. The van der Waals surface area contributed by atoms with Gasteiger partial charge in [0.15, 0.2) is 0 Å². The standard InChI is InChI=1S/C20H21N3O3/c1-14(24)25-12-15-2-4-17-18(10-15)26-13-20(6-8-22-9-7-20)19-5-3-16(11-21)23(17)19/h2-5,10,22H,6-9,12-13H2,1H3. The van der Waals surface area contributed by atoms with Crippen molar-refractivity contribution in [1.82, 2.24) is 9.88 Å². The van der Waals surface area contributed by atoms with E-state index in [1.165, 1.54) is 6.92 Å². The fourth-order valence-corrected chi connectivity index (χ4v) is 3.93. The van der Waals surface area contributed by atoms with Gasteiger partial charge in [0.2, 0.25) is 0 Å². The van der Waals surface area contributed by atoms with Crippen molar-refractivity contribution >= 4 is 5.97 Å². The first-order valence-corrected chi connectivity index (χ1v) is 8.85. The first kappa shape index (κ1) is 16.7. The van der Waals surface area contributed by atoms with Gasteiger partial charge in [-0.2, -0.15) is 5.26 Å². The highest BCUT2D eigenvalue weighted by Crippen LogP contribution is 2.42. The zero-order chi connectivity index (χ0) is 18.1. The summed E-state index contributed by atoms with van der Waals surface area (Å²) in [7, 11) is 0. The van der Waals surface area contributed by atoms with E-state index in [2.05, 4.69) is 17.5 Å². The van der Waals surface area contributed by atoms with E-state index in [0.29, 0.717) is 12.3 Å². The minimum absolute atomic E-state index is 0.102. The predicted octanol–water partition coefficient (Wildman–Crippen LogP) is 2.43. The normalized spacial score (nSPS) is 17.4. The van der Waals surface area contributed by atoms with E-state index in [4.69, 9.17) is 9.47 Å². The van der Waals surface area contributed by atoms with Gasteiger partial charge in [0.25, 0.3) is 0 Å². The van der Waals surface area contributed by atoms with Crippen LogP contribution in [0.5, 0.6) is 5.75 Å². The van der Waals surface area contributed by atoms with Gasteiger partial charge < -0.3 is 19.4 Å². The smallest absolute Gasteiger partial charge is 0.302 e. The maximum atomic E-state index is 11.1. The van der Waals surface area contributed by atoms with Gasteiger partial charge in [0.05, 0.1) is 12.3 Å². The lowest BCUT2D eigenvalue weighted by atomic mass is 9.77. The number of rotatable bonds is 2. The first-order valence-electron chi connectivity index (χ1n) is 8.85. The summed E-state index contributed by atoms with van der Waals surface area (Å²) < 4.78 is 13.4. The molecule has 6 nitrogen and oxygen atoms in total. The number of aromatic nitrogens is 1. The van der Waals surface area contributed by atoms with Crippen molar-refractivity contribution in [3.05, 3.63) is 47.3 Å². The second kappa shape index (κ2) is 6.50. The third-order valence-electron chi connectivity index (χ3n) is 5.31. The maximum Gasteiger partial charge on any atom is 0.302 e. The lowest BCUT2D eigenvalue weighted by Gasteiger charge is -2.36. The van der Waals surface area contributed by atoms with E-state index < -0.39 is 0 Å². The van der Waals surface area contributed by atoms with Gasteiger partial charge in [-0.3, -0.25) is 4.79 Å². The highest BCUT2D eigenvalue weighted by Gasteiger charge is 2.40. The summed E-state index contributed by atoms with van der Waals surface area (Å²) in [4.78, 5) is 11.1. The largest absolute Gasteiger partial charge is 0.490 e. The Morgan fingerprint density at radius 1 is 1.35 bits per heavy atom. The summed E-state index contributed by atoms with van der Waals surface area (Å²) >= 11 is 0. The number of ether oxygens (including phenoxy) is 2. The van der Waals surface area contributed by atoms with Gasteiger partial charge in [-0.25, -0.2) is 0 Å². The minimum atomic E-state index is -0.311. The van der Waals surface area contributed by atoms with E-state index in [1.54, 1.807) is 0 Å². The van der Waals surface area contributed by atoms with Gasteiger partial charge in [-0.15, -0.1) is 0 Å². The maximum absolute atomic E-state index is 11.1. The van der Waals surface area contributed by atoms with Crippen molar-refractivity contribution in [3.63, 3.8) is 0 Å². The van der Waals surface area contributed by atoms with Crippen LogP contribution < -0.4 is 10.1 Å². The van der Waals surface area contributed by atoms with Crippen molar-refractivity contribution < 1.29 is 14.3 Å². The average Bonchev–Trinajstić information content (AvgIpc) is 3.05. The Morgan fingerprint density at radius 2 is 2.15 bits per heavy atom. The van der Waals surface area contributed by atoms with Crippen molar-refractivity contribution in [3.8, 4) is 17.5 Å². The Labute approximate surface area is 152 Å². The van der Waals surface area contributed by atoms with Gasteiger partial charge in [0, 0.05) is 18.0 Å². The number of nitrogens with zero attached hydrogens (tertiary/aromatic N) is 2. The van der Waals surface area contributed by atoms with Gasteiger partial charge >= 0.3 is 5.97 Å². The summed E-state index contributed by atoms with van der Waals surface area (Å²) in [5.41, 5.74) is 3.38. The number of fused-ring (bicyclic) bond motifs is 4. The van der Waals surface area contributed by atoms with Crippen LogP contribution in [-0.4, -0.2) is 30.2 Å². The van der Waals surface area contributed by atoms with Crippen LogP contribution in [-0.2, 0) is 21.6 Å². The fraction of sp³-hybridized carbons (Fsp3) is 0.400. The van der Waals surface area contributed by atoms with Gasteiger partial charge in [0.1, 0.15) is 24.1 Å². The number of carbonyl (C=O) groups is 1. The molecular formula is C20H21N3O3. The zero-order valence-electron chi connectivity index (χ0n) is 14.7. The number of nitriles is 1. The van der Waals surface area contributed by atoms with E-state index in [1.807, 2.05) is 28.8 Å². The Morgan fingerprint density at radius 3 is 2.88 bits per heavy atom. The molecule has 0 saturated carbocycles. The molecular weight excluding hydrogens is 330 g/mol. The van der Waals surface area contributed by atoms with Gasteiger partial charge in [-0.1, -0.05) is 6.07 Å². The van der Waals surface area contributed by atoms with Crippen molar-refractivity contribution in [2.45, 2.75) is 31.8 Å². The Kier molecular flexibility index (Phi) is 4.17. The number of carbonyl (C=O) groups excluding carboxylic acids is 1. The molecule has 2 aromatic rings. The second-order valence-corrected chi connectivity index (χ2v) is 6.95. The van der Waals surface area contributed by atoms with Crippen LogP contribution in [0.2, 0.25) is 0 Å². The average molecular weight is 351 g/mol. The molecule has 1 aromatic carbocycles. The van der Waals surface area contributed by atoms with Crippen LogP contribution in [0.25, 0.3) is 5.69 Å². The van der Waals surface area contributed by atoms with Crippen molar-refractivity contribution in [2.24, 2.45) is 0 Å². The summed E-state index contributed by atoms with van der Waals surface area (Å²) in [6.45, 7) is 4.05. The molecule has 6 heteroatoms. The van der Waals surface area contributed by atoms with E-state index >= 15 is 0 Å². The molecule has 1 N–H and O–H groups in total. The van der Waals surface area contributed by atoms with Crippen molar-refractivity contribution in [2.75, 3.05) is 19.7 Å². The molecule has 4 rings (SSSR count). The van der Waals surface area contributed by atoms with E-state index in [-0.39, 0.29) is 18.0 Å². The highest BCUT2D eigenvalue weighted by molar-refractivity contribution is 5.66. The number of hydrogen-bond acceptors (Lipinski definition) is 5. The number of nitrogens with one attached hydrogen (secondary N) is 1. The predicted molar refractivity (Wildman–Crippen MR) is 95.2 cm³/mol. The molecule has 1 aromatic heterocycles. The zero-order valence-corrected chi connectivity index (χ0v) is 14.7. The quantitative estimate of drug-likeness (QED) is 0.841. The fourth-order valence-electron chi connectivity index (χ4n) is 3.93. The Hall–Kier alpha value is -2.78. The van der Waals surface area contributed by atoms with Crippen LogP contribution in [0.1, 0.15) is 36.7 Å². The van der Waals surface area contributed by atoms with Crippen LogP contribution >= 0.6 is 0 Å².